The van der Waals surface area contributed by atoms with Crippen LogP contribution >= 0.6 is 0 Å². The molecule has 0 aliphatic heterocycles. The molecule has 0 saturated heterocycles. The minimum absolute atomic E-state index is 0.167. The van der Waals surface area contributed by atoms with Crippen LogP contribution in [0.2, 0.25) is 0 Å². The van der Waals surface area contributed by atoms with Crippen LogP contribution in [-0.2, 0) is 0 Å². The van der Waals surface area contributed by atoms with Crippen LogP contribution in [0.25, 0.3) is 0 Å². The van der Waals surface area contributed by atoms with Crippen molar-refractivity contribution in [3.8, 4) is 11.5 Å². The Labute approximate surface area is 158 Å². The molecule has 0 saturated carbocycles. The third-order valence-corrected chi connectivity index (χ3v) is 3.86. The number of ether oxygens (including phenoxy) is 2. The monoisotopic (exact) mass is 365 g/mol. The van der Waals surface area contributed by atoms with E-state index < -0.39 is 0 Å². The van der Waals surface area contributed by atoms with Crippen molar-refractivity contribution in [2.45, 2.75) is 19.8 Å². The quantitative estimate of drug-likeness (QED) is 0.638. The van der Waals surface area contributed by atoms with Crippen LogP contribution in [0.3, 0.4) is 0 Å². The second-order valence-electron chi connectivity index (χ2n) is 6.20. The molecular weight excluding hydrogens is 342 g/mol. The van der Waals surface area contributed by atoms with E-state index in [-0.39, 0.29) is 5.92 Å². The molecule has 0 aliphatic carbocycles. The summed E-state index contributed by atoms with van der Waals surface area (Å²) in [5, 5.41) is 6.43. The lowest BCUT2D eigenvalue weighted by Crippen LogP contribution is -2.08. The summed E-state index contributed by atoms with van der Waals surface area (Å²) in [6.07, 6.45) is 0. The number of aromatic nitrogens is 3. The maximum atomic E-state index is 5.18. The lowest BCUT2D eigenvalue weighted by molar-refractivity contribution is 0.415. The highest BCUT2D eigenvalue weighted by atomic mass is 16.5. The van der Waals surface area contributed by atoms with Gasteiger partial charge in [-0.1, -0.05) is 13.8 Å². The van der Waals surface area contributed by atoms with E-state index in [1.165, 1.54) is 0 Å². The molecule has 0 aliphatic rings. The first-order chi connectivity index (χ1) is 13.1. The first kappa shape index (κ1) is 18.4. The molecule has 0 amide bonds. The van der Waals surface area contributed by atoms with Crippen LogP contribution < -0.4 is 20.1 Å². The fourth-order valence-corrected chi connectivity index (χ4v) is 2.37. The highest BCUT2D eigenvalue weighted by Gasteiger charge is 2.10. The highest BCUT2D eigenvalue weighted by Crippen LogP contribution is 2.22. The van der Waals surface area contributed by atoms with Gasteiger partial charge in [-0.15, -0.1) is 0 Å². The van der Waals surface area contributed by atoms with Gasteiger partial charge >= 0.3 is 0 Å². The van der Waals surface area contributed by atoms with Gasteiger partial charge in [0, 0.05) is 17.3 Å². The van der Waals surface area contributed by atoms with Gasteiger partial charge in [-0.3, -0.25) is 0 Å². The molecule has 2 aromatic carbocycles. The smallest absolute Gasteiger partial charge is 0.232 e. The Kier molecular flexibility index (Phi) is 5.71. The number of benzene rings is 2. The Bertz CT molecular complexity index is 812. The molecule has 0 fully saturated rings. The van der Waals surface area contributed by atoms with Crippen molar-refractivity contribution in [3.63, 3.8) is 0 Å². The zero-order valence-corrected chi connectivity index (χ0v) is 15.9. The molecule has 7 heteroatoms. The Hall–Kier alpha value is -3.35. The van der Waals surface area contributed by atoms with Crippen LogP contribution in [0, 0.1) is 0 Å². The van der Waals surface area contributed by atoms with E-state index in [1.54, 1.807) is 14.2 Å². The van der Waals surface area contributed by atoms with Crippen LogP contribution in [0.1, 0.15) is 25.6 Å². The summed E-state index contributed by atoms with van der Waals surface area (Å²) in [6, 6.07) is 15.2. The van der Waals surface area contributed by atoms with E-state index in [2.05, 4.69) is 25.6 Å². The van der Waals surface area contributed by atoms with Gasteiger partial charge in [-0.25, -0.2) is 0 Å². The van der Waals surface area contributed by atoms with Crippen molar-refractivity contribution in [1.82, 2.24) is 15.0 Å². The second kappa shape index (κ2) is 8.35. The standard InChI is InChI=1S/C20H23N5O2/c1-13(2)18-23-19(21-14-5-9-16(26-3)10-6-14)25-20(24-18)22-15-7-11-17(27-4)12-8-15/h5-13H,1-4H3,(H2,21,22,23,24,25). The molecular formula is C20H23N5O2. The summed E-state index contributed by atoms with van der Waals surface area (Å²) >= 11 is 0. The van der Waals surface area contributed by atoms with Gasteiger partial charge in [0.1, 0.15) is 17.3 Å². The predicted molar refractivity (Wildman–Crippen MR) is 106 cm³/mol. The number of rotatable bonds is 7. The first-order valence-electron chi connectivity index (χ1n) is 8.65. The second-order valence-corrected chi connectivity index (χ2v) is 6.20. The number of methoxy groups -OCH3 is 2. The van der Waals surface area contributed by atoms with Gasteiger partial charge in [0.25, 0.3) is 0 Å². The lowest BCUT2D eigenvalue weighted by atomic mass is 10.2. The van der Waals surface area contributed by atoms with Crippen molar-refractivity contribution in [2.24, 2.45) is 0 Å². The normalized spacial score (nSPS) is 10.6. The van der Waals surface area contributed by atoms with Crippen molar-refractivity contribution < 1.29 is 9.47 Å². The van der Waals surface area contributed by atoms with E-state index >= 15 is 0 Å². The number of nitrogens with zero attached hydrogens (tertiary/aromatic N) is 3. The lowest BCUT2D eigenvalue weighted by Gasteiger charge is -2.12. The zero-order valence-electron chi connectivity index (χ0n) is 15.9. The topological polar surface area (TPSA) is 81.2 Å². The van der Waals surface area contributed by atoms with Crippen molar-refractivity contribution in [1.29, 1.82) is 0 Å². The molecule has 2 N–H and O–H groups in total. The molecule has 1 heterocycles. The fraction of sp³-hybridized carbons (Fsp3) is 0.250. The molecule has 0 bridgehead atoms. The number of hydrogen-bond acceptors (Lipinski definition) is 7. The number of nitrogens with one attached hydrogen (secondary N) is 2. The molecule has 3 rings (SSSR count). The van der Waals surface area contributed by atoms with Gasteiger partial charge < -0.3 is 20.1 Å². The molecule has 3 aromatic rings. The van der Waals surface area contributed by atoms with E-state index in [0.29, 0.717) is 17.7 Å². The summed E-state index contributed by atoms with van der Waals surface area (Å²) in [5.41, 5.74) is 1.74. The molecule has 0 atom stereocenters. The Balaban J connectivity index is 1.84. The summed E-state index contributed by atoms with van der Waals surface area (Å²) in [4.78, 5) is 13.5. The Morgan fingerprint density at radius 1 is 0.667 bits per heavy atom. The van der Waals surface area contributed by atoms with E-state index in [9.17, 15) is 0 Å². The first-order valence-corrected chi connectivity index (χ1v) is 8.65. The maximum Gasteiger partial charge on any atom is 0.232 e. The van der Waals surface area contributed by atoms with Crippen LogP contribution in [0.4, 0.5) is 23.3 Å². The third-order valence-electron chi connectivity index (χ3n) is 3.86. The Morgan fingerprint density at radius 2 is 1.07 bits per heavy atom. The van der Waals surface area contributed by atoms with Crippen LogP contribution in [-0.4, -0.2) is 29.2 Å². The van der Waals surface area contributed by atoms with Gasteiger partial charge in [0.15, 0.2) is 0 Å². The van der Waals surface area contributed by atoms with Gasteiger partial charge in [0.2, 0.25) is 11.9 Å². The van der Waals surface area contributed by atoms with Crippen molar-refractivity contribution >= 4 is 23.3 Å². The number of hydrogen-bond donors (Lipinski definition) is 2. The van der Waals surface area contributed by atoms with Crippen LogP contribution in [0.15, 0.2) is 48.5 Å². The van der Waals surface area contributed by atoms with E-state index in [0.717, 1.165) is 22.9 Å². The molecule has 1 aromatic heterocycles. The third kappa shape index (κ3) is 4.84. The zero-order chi connectivity index (χ0) is 19.2. The summed E-state index contributed by atoms with van der Waals surface area (Å²) in [5.74, 6) is 3.42. The van der Waals surface area contributed by atoms with E-state index in [4.69, 9.17) is 9.47 Å². The largest absolute Gasteiger partial charge is 0.497 e. The van der Waals surface area contributed by atoms with Crippen LogP contribution in [0.5, 0.6) is 11.5 Å². The summed E-state index contributed by atoms with van der Waals surface area (Å²) in [7, 11) is 3.28. The average Bonchev–Trinajstić information content (AvgIpc) is 2.69. The molecule has 7 nitrogen and oxygen atoms in total. The molecule has 0 unspecified atom stereocenters. The average molecular weight is 365 g/mol. The maximum absolute atomic E-state index is 5.18. The molecule has 27 heavy (non-hydrogen) atoms. The van der Waals surface area contributed by atoms with Gasteiger partial charge in [-0.05, 0) is 48.5 Å². The predicted octanol–water partition coefficient (Wildman–Crippen LogP) is 4.50. The SMILES string of the molecule is COc1ccc(Nc2nc(Nc3ccc(OC)cc3)nc(C(C)C)n2)cc1. The van der Waals surface area contributed by atoms with E-state index in [1.807, 2.05) is 62.4 Å². The van der Waals surface area contributed by atoms with Gasteiger partial charge in [0.05, 0.1) is 14.2 Å². The van der Waals surface area contributed by atoms with Crippen molar-refractivity contribution in [2.75, 3.05) is 24.9 Å². The minimum atomic E-state index is 0.167. The molecule has 0 spiro atoms. The van der Waals surface area contributed by atoms with Gasteiger partial charge in [-0.2, -0.15) is 15.0 Å². The summed E-state index contributed by atoms with van der Waals surface area (Å²) < 4.78 is 10.4. The fourth-order valence-electron chi connectivity index (χ4n) is 2.37. The Morgan fingerprint density at radius 3 is 1.41 bits per heavy atom. The van der Waals surface area contributed by atoms with Crippen molar-refractivity contribution in [3.05, 3.63) is 54.4 Å². The summed E-state index contributed by atoms with van der Waals surface area (Å²) in [6.45, 7) is 4.09. The highest BCUT2D eigenvalue weighted by molar-refractivity contribution is 5.58. The number of anilines is 4. The molecule has 0 radical (unpaired) electrons. The molecule has 140 valence electrons. The minimum Gasteiger partial charge on any atom is -0.497 e.